The monoisotopic (exact) mass is 420 g/mol. The van der Waals surface area contributed by atoms with Gasteiger partial charge in [0.15, 0.2) is 0 Å². The Morgan fingerprint density at radius 2 is 1.77 bits per heavy atom. The highest BCUT2D eigenvalue weighted by atomic mass is 35.5. The first-order valence-corrected chi connectivity index (χ1v) is 9.08. The molecule has 0 saturated heterocycles. The number of carbonyl (C=O) groups excluding carboxylic acids is 1. The van der Waals surface area contributed by atoms with Crippen LogP contribution in [0.25, 0.3) is 0 Å². The second-order valence-electron chi connectivity index (χ2n) is 5.12. The number of esters is 1. The highest BCUT2D eigenvalue weighted by Gasteiger charge is 2.65. The average molecular weight is 421 g/mol. The topological polar surface area (TPSA) is 35.5 Å². The lowest BCUT2D eigenvalue weighted by Crippen LogP contribution is -2.08. The van der Waals surface area contributed by atoms with Crippen LogP contribution in [0.1, 0.15) is 15.9 Å². The Kier molecular flexibility index (Phi) is 4.66. The largest absolute Gasteiger partial charge is 0.487 e. The zero-order chi connectivity index (χ0) is 19.8. The maximum absolute atomic E-state index is 14.2. The quantitative estimate of drug-likeness (QED) is 0.409. The van der Waals surface area contributed by atoms with E-state index < -0.39 is 38.5 Å². The third-order valence-corrected chi connectivity index (χ3v) is 4.66. The Hall–Kier alpha value is -2.07. The van der Waals surface area contributed by atoms with Crippen molar-refractivity contribution >= 4 is 27.8 Å². The van der Waals surface area contributed by atoms with Gasteiger partial charge in [0.1, 0.15) is 23.1 Å². The predicted molar refractivity (Wildman–Crippen MR) is 84.9 cm³/mol. The van der Waals surface area contributed by atoms with Crippen molar-refractivity contribution < 1.29 is 38.1 Å². The number of hydrogen-bond donors (Lipinski definition) is 0. The van der Waals surface area contributed by atoms with Crippen molar-refractivity contribution in [1.82, 2.24) is 0 Å². The number of rotatable bonds is 5. The first kappa shape index (κ1) is 20.2. The number of methoxy groups -OCH3 is 1. The van der Waals surface area contributed by atoms with Crippen LogP contribution >= 0.6 is 21.8 Å². The van der Waals surface area contributed by atoms with Crippen LogP contribution in [-0.2, 0) is 11.3 Å². The summed E-state index contributed by atoms with van der Waals surface area (Å²) in [7, 11) is -8.81. The van der Waals surface area contributed by atoms with E-state index in [0.29, 0.717) is 6.07 Å². The van der Waals surface area contributed by atoms with Crippen molar-refractivity contribution in [2.75, 3.05) is 7.11 Å². The summed E-state index contributed by atoms with van der Waals surface area (Å²) in [5, 5.41) is -0.722. The Balaban J connectivity index is 2.26. The number of benzene rings is 2. The number of hydrogen-bond acceptors (Lipinski definition) is 3. The summed E-state index contributed by atoms with van der Waals surface area (Å²) in [6.45, 7) is -0.508. The minimum absolute atomic E-state index is 0.0413. The molecule has 26 heavy (non-hydrogen) atoms. The molecule has 2 aromatic rings. The summed E-state index contributed by atoms with van der Waals surface area (Å²) < 4.78 is 87.3. The van der Waals surface area contributed by atoms with Crippen LogP contribution in [0, 0.1) is 5.82 Å². The molecular formula is C15H11ClF6O3S. The first-order valence-electron chi connectivity index (χ1n) is 6.75. The van der Waals surface area contributed by atoms with Crippen molar-refractivity contribution in [2.24, 2.45) is 0 Å². The van der Waals surface area contributed by atoms with Gasteiger partial charge in [-0.25, -0.2) is 9.18 Å². The normalized spacial score (nSPS) is 14.3. The molecule has 144 valence electrons. The minimum atomic E-state index is -9.87. The van der Waals surface area contributed by atoms with Gasteiger partial charge in [0, 0.05) is 5.56 Å². The van der Waals surface area contributed by atoms with Gasteiger partial charge in [-0.05, 0) is 24.3 Å². The van der Waals surface area contributed by atoms with Crippen LogP contribution in [0.5, 0.6) is 5.75 Å². The molecule has 0 spiro atoms. The van der Waals surface area contributed by atoms with Crippen LogP contribution in [0.4, 0.5) is 23.8 Å². The molecule has 0 saturated carbocycles. The SMILES string of the molecule is COC(=O)c1cccc(COc2ccc(S(F)(F)(F)(F)F)cc2Cl)c1F. The average Bonchev–Trinajstić information content (AvgIpc) is 2.52. The van der Waals surface area contributed by atoms with Crippen molar-refractivity contribution in [3.05, 3.63) is 58.4 Å². The summed E-state index contributed by atoms with van der Waals surface area (Å²) in [4.78, 5) is 9.24. The molecule has 0 N–H and O–H groups in total. The molecule has 0 aliphatic heterocycles. The number of ether oxygens (including phenoxy) is 2. The van der Waals surface area contributed by atoms with E-state index in [4.69, 9.17) is 16.3 Å². The molecule has 0 bridgehead atoms. The third-order valence-electron chi connectivity index (χ3n) is 3.22. The van der Waals surface area contributed by atoms with E-state index in [9.17, 15) is 28.6 Å². The smallest absolute Gasteiger partial charge is 0.340 e. The molecule has 0 aliphatic carbocycles. The van der Waals surface area contributed by atoms with Crippen LogP contribution in [0.2, 0.25) is 5.02 Å². The standard InChI is InChI=1S/C15H11ClF6O3S/c1-24-15(23)11-4-2-3-9(14(11)17)8-25-13-6-5-10(7-12(13)16)26(18,19,20,21)22/h2-7H,8H2,1H3. The van der Waals surface area contributed by atoms with Gasteiger partial charge in [-0.15, -0.1) is 0 Å². The van der Waals surface area contributed by atoms with Crippen molar-refractivity contribution in [2.45, 2.75) is 11.5 Å². The lowest BCUT2D eigenvalue weighted by atomic mass is 10.1. The second-order valence-corrected chi connectivity index (χ2v) is 7.94. The van der Waals surface area contributed by atoms with E-state index in [-0.39, 0.29) is 29.0 Å². The minimum Gasteiger partial charge on any atom is -0.487 e. The Morgan fingerprint density at radius 1 is 1.12 bits per heavy atom. The molecule has 0 fully saturated rings. The molecule has 0 atom stereocenters. The lowest BCUT2D eigenvalue weighted by molar-refractivity contribution is 0.0595. The lowest BCUT2D eigenvalue weighted by Gasteiger charge is -2.40. The fraction of sp³-hybridized carbons (Fsp3) is 0.133. The Morgan fingerprint density at radius 3 is 2.31 bits per heavy atom. The maximum atomic E-state index is 14.2. The van der Waals surface area contributed by atoms with Crippen LogP contribution in [0.15, 0.2) is 41.3 Å². The Bertz CT molecular complexity index is 870. The zero-order valence-corrected chi connectivity index (χ0v) is 14.5. The van der Waals surface area contributed by atoms with Gasteiger partial charge in [0.25, 0.3) is 0 Å². The van der Waals surface area contributed by atoms with Crippen molar-refractivity contribution in [1.29, 1.82) is 0 Å². The molecule has 0 unspecified atom stereocenters. The Labute approximate surface area is 149 Å². The van der Waals surface area contributed by atoms with Crippen LogP contribution in [-0.4, -0.2) is 13.1 Å². The van der Waals surface area contributed by atoms with Crippen molar-refractivity contribution in [3.8, 4) is 5.75 Å². The summed E-state index contributed by atoms with van der Waals surface area (Å²) in [5.74, 6) is -2.23. The molecule has 2 aromatic carbocycles. The summed E-state index contributed by atoms with van der Waals surface area (Å²) >= 11 is 5.56. The third kappa shape index (κ3) is 4.55. The van der Waals surface area contributed by atoms with E-state index in [1.807, 2.05) is 0 Å². The van der Waals surface area contributed by atoms with E-state index in [2.05, 4.69) is 4.74 Å². The zero-order valence-electron chi connectivity index (χ0n) is 12.9. The molecule has 11 heteroatoms. The van der Waals surface area contributed by atoms with Crippen molar-refractivity contribution in [3.63, 3.8) is 0 Å². The fourth-order valence-corrected chi connectivity index (χ4v) is 2.92. The number of carbonyl (C=O) groups is 1. The van der Waals surface area contributed by atoms with Gasteiger partial charge in [-0.1, -0.05) is 43.2 Å². The van der Waals surface area contributed by atoms with E-state index in [1.54, 1.807) is 0 Å². The van der Waals surface area contributed by atoms with Gasteiger partial charge >= 0.3 is 16.2 Å². The number of halogens is 7. The van der Waals surface area contributed by atoms with E-state index >= 15 is 0 Å². The van der Waals surface area contributed by atoms with Gasteiger partial charge in [-0.3, -0.25) is 0 Å². The maximum Gasteiger partial charge on any atom is 0.340 e. The molecule has 0 aliphatic rings. The van der Waals surface area contributed by atoms with Gasteiger partial charge in [0.2, 0.25) is 0 Å². The molecule has 0 aromatic heterocycles. The molecular weight excluding hydrogens is 410 g/mol. The highest BCUT2D eigenvalue weighted by Crippen LogP contribution is 3.02. The van der Waals surface area contributed by atoms with Gasteiger partial charge in [-0.2, -0.15) is 0 Å². The molecule has 0 amide bonds. The summed E-state index contributed by atoms with van der Waals surface area (Å²) in [5.41, 5.74) is -0.475. The van der Waals surface area contributed by atoms with E-state index in [1.165, 1.54) is 18.2 Å². The van der Waals surface area contributed by atoms with Crippen LogP contribution < -0.4 is 4.74 Å². The molecule has 0 radical (unpaired) electrons. The van der Waals surface area contributed by atoms with Crippen LogP contribution in [0.3, 0.4) is 0 Å². The molecule has 0 heterocycles. The molecule has 2 rings (SSSR count). The summed E-state index contributed by atoms with van der Waals surface area (Å²) in [6.07, 6.45) is 0. The predicted octanol–water partition coefficient (Wildman–Crippen LogP) is 6.50. The summed E-state index contributed by atoms with van der Waals surface area (Å²) in [6, 6.07) is 4.55. The highest BCUT2D eigenvalue weighted by molar-refractivity contribution is 8.45. The van der Waals surface area contributed by atoms with Gasteiger partial charge < -0.3 is 9.47 Å². The van der Waals surface area contributed by atoms with E-state index in [0.717, 1.165) is 7.11 Å². The fourth-order valence-electron chi connectivity index (χ4n) is 1.95. The second kappa shape index (κ2) is 5.98. The first-order chi connectivity index (χ1) is 11.7. The van der Waals surface area contributed by atoms with Gasteiger partial charge in [0.05, 0.1) is 17.7 Å². The molecule has 3 nitrogen and oxygen atoms in total.